The lowest BCUT2D eigenvalue weighted by Gasteiger charge is -2.03. The summed E-state index contributed by atoms with van der Waals surface area (Å²) in [6.07, 6.45) is 0. The van der Waals surface area contributed by atoms with E-state index in [1.807, 2.05) is 25.1 Å². The minimum Gasteiger partial charge on any atom is -0.398 e. The van der Waals surface area contributed by atoms with Crippen LogP contribution in [0.4, 0.5) is 5.69 Å². The van der Waals surface area contributed by atoms with Gasteiger partial charge in [-0.3, -0.25) is 0 Å². The van der Waals surface area contributed by atoms with Gasteiger partial charge in [0.25, 0.3) is 0 Å². The first kappa shape index (κ1) is 8.01. The largest absolute Gasteiger partial charge is 0.398 e. The molecule has 0 atom stereocenters. The second-order valence-corrected chi connectivity index (χ2v) is 2.89. The van der Waals surface area contributed by atoms with Gasteiger partial charge in [0.2, 0.25) is 0 Å². The molecule has 0 aliphatic rings. The first-order valence-corrected chi connectivity index (χ1v) is 3.68. The van der Waals surface area contributed by atoms with Gasteiger partial charge in [0, 0.05) is 11.3 Å². The molecular formula is C8H10N2S. The second kappa shape index (κ2) is 2.88. The molecule has 0 radical (unpaired) electrons. The third-order valence-electron chi connectivity index (χ3n) is 1.47. The zero-order valence-electron chi connectivity index (χ0n) is 6.29. The first-order chi connectivity index (χ1) is 5.11. The molecule has 4 N–H and O–H groups in total. The Morgan fingerprint density at radius 2 is 2.09 bits per heavy atom. The van der Waals surface area contributed by atoms with Crippen LogP contribution in [0.2, 0.25) is 0 Å². The van der Waals surface area contributed by atoms with Gasteiger partial charge in [0.15, 0.2) is 0 Å². The highest BCUT2D eigenvalue weighted by molar-refractivity contribution is 7.80. The standard InChI is InChI=1S/C8H10N2S/c1-5-2-3-7(9)6(4-5)8(10)11/h2-4H,9H2,1H3,(H2,10,11). The van der Waals surface area contributed by atoms with Gasteiger partial charge in [-0.1, -0.05) is 23.8 Å². The summed E-state index contributed by atoms with van der Waals surface area (Å²) in [6, 6.07) is 5.62. The number of hydrogen-bond donors (Lipinski definition) is 2. The van der Waals surface area contributed by atoms with E-state index in [9.17, 15) is 0 Å². The number of aryl methyl sites for hydroxylation is 1. The number of thiocarbonyl (C=S) groups is 1. The summed E-state index contributed by atoms with van der Waals surface area (Å²) >= 11 is 4.81. The zero-order valence-corrected chi connectivity index (χ0v) is 7.11. The molecule has 11 heavy (non-hydrogen) atoms. The Balaban J connectivity index is 3.23. The van der Waals surface area contributed by atoms with Gasteiger partial charge in [0.1, 0.15) is 4.99 Å². The van der Waals surface area contributed by atoms with Gasteiger partial charge >= 0.3 is 0 Å². The summed E-state index contributed by atoms with van der Waals surface area (Å²) in [4.78, 5) is 0.353. The Morgan fingerprint density at radius 1 is 1.45 bits per heavy atom. The van der Waals surface area contributed by atoms with Crippen LogP contribution in [0.1, 0.15) is 11.1 Å². The van der Waals surface area contributed by atoms with Crippen LogP contribution in [-0.4, -0.2) is 4.99 Å². The normalized spacial score (nSPS) is 9.55. The molecule has 1 rings (SSSR count). The molecule has 0 unspecified atom stereocenters. The summed E-state index contributed by atoms with van der Waals surface area (Å²) < 4.78 is 0. The molecule has 0 saturated carbocycles. The van der Waals surface area contributed by atoms with E-state index in [1.54, 1.807) is 0 Å². The topological polar surface area (TPSA) is 52.0 Å². The summed E-state index contributed by atoms with van der Waals surface area (Å²) in [7, 11) is 0. The molecule has 0 fully saturated rings. The predicted octanol–water partition coefficient (Wildman–Crippen LogP) is 1.21. The summed E-state index contributed by atoms with van der Waals surface area (Å²) in [5.74, 6) is 0. The maximum Gasteiger partial charge on any atom is 0.106 e. The zero-order chi connectivity index (χ0) is 8.43. The van der Waals surface area contributed by atoms with Gasteiger partial charge in [-0.05, 0) is 19.1 Å². The summed E-state index contributed by atoms with van der Waals surface area (Å²) in [5.41, 5.74) is 13.6. The third kappa shape index (κ3) is 1.68. The Bertz CT molecular complexity index is 294. The van der Waals surface area contributed by atoms with Gasteiger partial charge in [-0.2, -0.15) is 0 Å². The fourth-order valence-electron chi connectivity index (χ4n) is 0.884. The van der Waals surface area contributed by atoms with Gasteiger partial charge in [0.05, 0.1) is 0 Å². The summed E-state index contributed by atoms with van der Waals surface area (Å²) in [6.45, 7) is 1.97. The van der Waals surface area contributed by atoms with Crippen molar-refractivity contribution in [1.29, 1.82) is 0 Å². The molecule has 1 aromatic rings. The van der Waals surface area contributed by atoms with E-state index in [0.29, 0.717) is 10.7 Å². The molecule has 0 bridgehead atoms. The van der Waals surface area contributed by atoms with E-state index in [4.69, 9.17) is 23.7 Å². The highest BCUT2D eigenvalue weighted by atomic mass is 32.1. The number of nitrogens with two attached hydrogens (primary N) is 2. The van der Waals surface area contributed by atoms with E-state index in [0.717, 1.165) is 11.1 Å². The molecule has 0 spiro atoms. The Labute approximate surface area is 71.2 Å². The molecule has 3 heteroatoms. The van der Waals surface area contributed by atoms with E-state index < -0.39 is 0 Å². The van der Waals surface area contributed by atoms with E-state index >= 15 is 0 Å². The van der Waals surface area contributed by atoms with Crippen molar-refractivity contribution in [3.63, 3.8) is 0 Å². The van der Waals surface area contributed by atoms with Crippen LogP contribution in [0, 0.1) is 6.92 Å². The van der Waals surface area contributed by atoms with Crippen molar-refractivity contribution < 1.29 is 0 Å². The fourth-order valence-corrected chi connectivity index (χ4v) is 1.06. The van der Waals surface area contributed by atoms with Gasteiger partial charge in [-0.25, -0.2) is 0 Å². The molecule has 0 amide bonds. The van der Waals surface area contributed by atoms with Crippen molar-refractivity contribution >= 4 is 22.9 Å². The van der Waals surface area contributed by atoms with E-state index in [-0.39, 0.29) is 0 Å². The van der Waals surface area contributed by atoms with Gasteiger partial charge < -0.3 is 11.5 Å². The Kier molecular flexibility index (Phi) is 2.10. The molecule has 0 saturated heterocycles. The lowest BCUT2D eigenvalue weighted by Crippen LogP contribution is -2.12. The van der Waals surface area contributed by atoms with Crippen LogP contribution in [0.25, 0.3) is 0 Å². The van der Waals surface area contributed by atoms with Crippen molar-refractivity contribution in [1.82, 2.24) is 0 Å². The van der Waals surface area contributed by atoms with Crippen molar-refractivity contribution in [2.75, 3.05) is 5.73 Å². The predicted molar refractivity (Wildman–Crippen MR) is 51.5 cm³/mol. The lowest BCUT2D eigenvalue weighted by atomic mass is 10.1. The smallest absolute Gasteiger partial charge is 0.106 e. The number of nitrogen functional groups attached to an aromatic ring is 1. The highest BCUT2D eigenvalue weighted by Gasteiger charge is 2.00. The number of anilines is 1. The maximum atomic E-state index is 5.62. The van der Waals surface area contributed by atoms with Gasteiger partial charge in [-0.15, -0.1) is 0 Å². The number of rotatable bonds is 1. The highest BCUT2D eigenvalue weighted by Crippen LogP contribution is 2.12. The first-order valence-electron chi connectivity index (χ1n) is 3.27. The average molecular weight is 166 g/mol. The van der Waals surface area contributed by atoms with Crippen LogP contribution < -0.4 is 11.5 Å². The minimum atomic E-state index is 0.353. The minimum absolute atomic E-state index is 0.353. The Hall–Kier alpha value is -1.09. The summed E-state index contributed by atoms with van der Waals surface area (Å²) in [5, 5.41) is 0. The molecule has 0 aromatic heterocycles. The molecule has 0 aliphatic heterocycles. The lowest BCUT2D eigenvalue weighted by molar-refractivity contribution is 1.45. The molecule has 58 valence electrons. The van der Waals surface area contributed by atoms with E-state index in [1.165, 1.54) is 0 Å². The van der Waals surface area contributed by atoms with Crippen molar-refractivity contribution in [3.05, 3.63) is 29.3 Å². The SMILES string of the molecule is Cc1ccc(N)c(C(N)=S)c1. The molecule has 2 nitrogen and oxygen atoms in total. The van der Waals surface area contributed by atoms with E-state index in [2.05, 4.69) is 0 Å². The molecule has 0 heterocycles. The fraction of sp³-hybridized carbons (Fsp3) is 0.125. The van der Waals surface area contributed by atoms with Crippen molar-refractivity contribution in [2.24, 2.45) is 5.73 Å². The molecule has 0 aliphatic carbocycles. The van der Waals surface area contributed by atoms with Crippen LogP contribution >= 0.6 is 12.2 Å². The maximum absolute atomic E-state index is 5.62. The van der Waals surface area contributed by atoms with Crippen LogP contribution in [0.3, 0.4) is 0 Å². The third-order valence-corrected chi connectivity index (χ3v) is 1.69. The number of benzene rings is 1. The monoisotopic (exact) mass is 166 g/mol. The molecular weight excluding hydrogens is 156 g/mol. The quantitative estimate of drug-likeness (QED) is 0.487. The van der Waals surface area contributed by atoms with Crippen LogP contribution in [-0.2, 0) is 0 Å². The van der Waals surface area contributed by atoms with Crippen LogP contribution in [0.5, 0.6) is 0 Å². The Morgan fingerprint density at radius 3 is 2.55 bits per heavy atom. The van der Waals surface area contributed by atoms with Crippen molar-refractivity contribution in [2.45, 2.75) is 6.92 Å². The number of hydrogen-bond acceptors (Lipinski definition) is 2. The average Bonchev–Trinajstić information content (AvgIpc) is 1.94. The van der Waals surface area contributed by atoms with Crippen molar-refractivity contribution in [3.8, 4) is 0 Å². The molecule has 1 aromatic carbocycles. The van der Waals surface area contributed by atoms with Crippen LogP contribution in [0.15, 0.2) is 18.2 Å². The second-order valence-electron chi connectivity index (χ2n) is 2.45.